The zero-order chi connectivity index (χ0) is 25.5. The zero-order valence-electron chi connectivity index (χ0n) is 19.8. The Kier molecular flexibility index (Phi) is 8.80. The quantitative estimate of drug-likeness (QED) is 0.276. The number of halogens is 2. The van der Waals surface area contributed by atoms with Crippen molar-refractivity contribution >= 4 is 34.9 Å². The van der Waals surface area contributed by atoms with Crippen LogP contribution in [0.15, 0.2) is 54.6 Å². The lowest BCUT2D eigenvalue weighted by atomic mass is 9.93. The van der Waals surface area contributed by atoms with Crippen molar-refractivity contribution in [3.63, 3.8) is 0 Å². The van der Waals surface area contributed by atoms with Crippen molar-refractivity contribution in [1.29, 1.82) is 0 Å². The predicted molar refractivity (Wildman–Crippen MR) is 139 cm³/mol. The van der Waals surface area contributed by atoms with Crippen molar-refractivity contribution in [2.24, 2.45) is 0 Å². The largest absolute Gasteiger partial charge is 0.493 e. The molecule has 0 radical (unpaired) electrons. The van der Waals surface area contributed by atoms with Crippen LogP contribution in [0.25, 0.3) is 0 Å². The van der Waals surface area contributed by atoms with E-state index in [1.165, 1.54) is 0 Å². The van der Waals surface area contributed by atoms with Gasteiger partial charge in [0.1, 0.15) is 29.6 Å². The average molecular weight is 532 g/mol. The van der Waals surface area contributed by atoms with Gasteiger partial charge in [-0.15, -0.1) is 0 Å². The molecule has 7 nitrogen and oxygen atoms in total. The number of hydrogen-bond acceptors (Lipinski definition) is 6. The molecule has 1 atom stereocenters. The number of ether oxygens (including phenoxy) is 4. The van der Waals surface area contributed by atoms with E-state index in [4.69, 9.17) is 42.1 Å². The first-order valence-corrected chi connectivity index (χ1v) is 12.3. The molecule has 190 valence electrons. The third-order valence-corrected chi connectivity index (χ3v) is 6.31. The summed E-state index contributed by atoms with van der Waals surface area (Å²) in [6.45, 7) is 1.99. The van der Waals surface area contributed by atoms with E-state index >= 15 is 0 Å². The van der Waals surface area contributed by atoms with Crippen LogP contribution < -0.4 is 19.5 Å². The molecule has 3 aromatic rings. The van der Waals surface area contributed by atoms with E-state index in [0.29, 0.717) is 65.6 Å². The first kappa shape index (κ1) is 25.9. The third kappa shape index (κ3) is 6.55. The highest BCUT2D eigenvalue weighted by molar-refractivity contribution is 6.32. The molecule has 1 aliphatic heterocycles. The molecule has 0 bridgehead atoms. The highest BCUT2D eigenvalue weighted by Gasteiger charge is 2.29. The Morgan fingerprint density at radius 2 is 1.89 bits per heavy atom. The number of nitrogens with one attached hydrogen (secondary N) is 1. The van der Waals surface area contributed by atoms with E-state index in [1.807, 2.05) is 42.5 Å². The summed E-state index contributed by atoms with van der Waals surface area (Å²) in [6, 6.07) is 16.4. The van der Waals surface area contributed by atoms with Gasteiger partial charge in [-0.3, -0.25) is 4.79 Å². The summed E-state index contributed by atoms with van der Waals surface area (Å²) in [7, 11) is 1.63. The lowest BCUT2D eigenvalue weighted by Gasteiger charge is -2.24. The number of carbonyl (C=O) groups is 1. The molecule has 0 saturated heterocycles. The fourth-order valence-corrected chi connectivity index (χ4v) is 4.31. The molecule has 0 spiro atoms. The SMILES string of the molecule is COCCOc1cc(Cl)ccc1CCNc1ccc(Oc2cc3c(cc2Cl)C(C(=O)O)CCO3)cc1. The molecular formula is C27H27Cl2NO6. The molecular weight excluding hydrogens is 505 g/mol. The summed E-state index contributed by atoms with van der Waals surface area (Å²) in [5, 5.41) is 13.8. The summed E-state index contributed by atoms with van der Waals surface area (Å²) in [5.74, 6) is 0.722. The molecule has 3 aromatic carbocycles. The van der Waals surface area contributed by atoms with Gasteiger partial charge in [0.25, 0.3) is 0 Å². The van der Waals surface area contributed by atoms with Crippen molar-refractivity contribution < 1.29 is 28.8 Å². The van der Waals surface area contributed by atoms with Gasteiger partial charge in [-0.05, 0) is 60.9 Å². The van der Waals surface area contributed by atoms with E-state index < -0.39 is 11.9 Å². The summed E-state index contributed by atoms with van der Waals surface area (Å²) in [6.07, 6.45) is 1.16. The first-order valence-electron chi connectivity index (χ1n) is 11.6. The van der Waals surface area contributed by atoms with Gasteiger partial charge in [-0.25, -0.2) is 0 Å². The lowest BCUT2D eigenvalue weighted by Crippen LogP contribution is -2.20. The first-order chi connectivity index (χ1) is 17.4. The Morgan fingerprint density at radius 3 is 2.64 bits per heavy atom. The molecule has 1 heterocycles. The van der Waals surface area contributed by atoms with Gasteiger partial charge in [0.2, 0.25) is 0 Å². The predicted octanol–water partition coefficient (Wildman–Crippen LogP) is 6.42. The second-order valence-corrected chi connectivity index (χ2v) is 9.09. The van der Waals surface area contributed by atoms with Gasteiger partial charge < -0.3 is 29.4 Å². The molecule has 0 saturated carbocycles. The fourth-order valence-electron chi connectivity index (χ4n) is 3.94. The minimum atomic E-state index is -0.890. The minimum Gasteiger partial charge on any atom is -0.493 e. The van der Waals surface area contributed by atoms with E-state index in [2.05, 4.69) is 5.32 Å². The number of fused-ring (bicyclic) bond motifs is 1. The molecule has 9 heteroatoms. The van der Waals surface area contributed by atoms with Crippen molar-refractivity contribution in [2.45, 2.75) is 18.8 Å². The van der Waals surface area contributed by atoms with Crippen LogP contribution in [-0.4, -0.2) is 44.6 Å². The summed E-state index contributed by atoms with van der Waals surface area (Å²) >= 11 is 12.5. The van der Waals surface area contributed by atoms with Crippen LogP contribution in [0.2, 0.25) is 10.0 Å². The molecule has 0 amide bonds. The molecule has 4 rings (SSSR count). The van der Waals surface area contributed by atoms with Gasteiger partial charge in [0, 0.05) is 36.0 Å². The van der Waals surface area contributed by atoms with Gasteiger partial charge in [0.05, 0.1) is 24.2 Å². The molecule has 2 N–H and O–H groups in total. The smallest absolute Gasteiger partial charge is 0.311 e. The highest BCUT2D eigenvalue weighted by atomic mass is 35.5. The van der Waals surface area contributed by atoms with E-state index in [-0.39, 0.29) is 0 Å². The van der Waals surface area contributed by atoms with Gasteiger partial charge in [-0.1, -0.05) is 29.3 Å². The lowest BCUT2D eigenvalue weighted by molar-refractivity contribution is -0.139. The van der Waals surface area contributed by atoms with Crippen molar-refractivity contribution in [3.05, 3.63) is 75.8 Å². The monoisotopic (exact) mass is 531 g/mol. The van der Waals surface area contributed by atoms with Crippen molar-refractivity contribution in [3.8, 4) is 23.0 Å². The van der Waals surface area contributed by atoms with Gasteiger partial charge >= 0.3 is 5.97 Å². The van der Waals surface area contributed by atoms with Gasteiger partial charge in [-0.2, -0.15) is 0 Å². The van der Waals surface area contributed by atoms with Crippen LogP contribution in [0.3, 0.4) is 0 Å². The topological polar surface area (TPSA) is 86.2 Å². The second kappa shape index (κ2) is 12.2. The molecule has 1 aliphatic rings. The Labute approximate surface area is 219 Å². The zero-order valence-corrected chi connectivity index (χ0v) is 21.3. The summed E-state index contributed by atoms with van der Waals surface area (Å²) < 4.78 is 22.4. The third-order valence-electron chi connectivity index (χ3n) is 5.78. The van der Waals surface area contributed by atoms with Crippen LogP contribution in [0, 0.1) is 0 Å². The van der Waals surface area contributed by atoms with E-state index in [0.717, 1.165) is 23.4 Å². The Balaban J connectivity index is 1.35. The molecule has 1 unspecified atom stereocenters. The Bertz CT molecular complexity index is 1200. The maximum Gasteiger partial charge on any atom is 0.311 e. The summed E-state index contributed by atoms with van der Waals surface area (Å²) in [5.41, 5.74) is 2.55. The number of carboxylic acid groups (broad SMARTS) is 1. The van der Waals surface area contributed by atoms with E-state index in [1.54, 1.807) is 19.2 Å². The van der Waals surface area contributed by atoms with Crippen molar-refractivity contribution in [2.75, 3.05) is 38.8 Å². The molecule has 0 aliphatic carbocycles. The van der Waals surface area contributed by atoms with Crippen LogP contribution in [0.1, 0.15) is 23.5 Å². The minimum absolute atomic E-state index is 0.333. The normalized spacial score (nSPS) is 14.5. The highest BCUT2D eigenvalue weighted by Crippen LogP contribution is 2.42. The summed E-state index contributed by atoms with van der Waals surface area (Å²) in [4.78, 5) is 11.5. The number of hydrogen-bond donors (Lipinski definition) is 2. The van der Waals surface area contributed by atoms with Crippen LogP contribution in [-0.2, 0) is 16.0 Å². The second-order valence-electron chi connectivity index (χ2n) is 8.24. The average Bonchev–Trinajstić information content (AvgIpc) is 2.86. The van der Waals surface area contributed by atoms with Crippen molar-refractivity contribution in [1.82, 2.24) is 0 Å². The van der Waals surface area contributed by atoms with Crippen LogP contribution in [0.5, 0.6) is 23.0 Å². The maximum absolute atomic E-state index is 11.5. The van der Waals surface area contributed by atoms with Crippen LogP contribution >= 0.6 is 23.2 Å². The molecule has 0 fully saturated rings. The number of anilines is 1. The standard InChI is InChI=1S/C27H27Cl2NO6/c1-33-12-13-35-24-14-18(28)3-2-17(24)8-10-30-19-4-6-20(7-5-19)36-26-16-25-22(15-23(26)29)21(27(31)32)9-11-34-25/h2-7,14-16,21,30H,8-13H2,1H3,(H,31,32). The number of benzene rings is 3. The Morgan fingerprint density at radius 1 is 1.08 bits per heavy atom. The number of rotatable bonds is 11. The van der Waals surface area contributed by atoms with Gasteiger partial charge in [0.15, 0.2) is 0 Å². The number of methoxy groups -OCH3 is 1. The number of aliphatic carboxylic acids is 1. The Hall–Kier alpha value is -3.13. The molecule has 36 heavy (non-hydrogen) atoms. The van der Waals surface area contributed by atoms with E-state index in [9.17, 15) is 9.90 Å². The number of carboxylic acids is 1. The fraction of sp³-hybridized carbons (Fsp3) is 0.296. The maximum atomic E-state index is 11.5. The van der Waals surface area contributed by atoms with Crippen LogP contribution in [0.4, 0.5) is 5.69 Å². The molecule has 0 aromatic heterocycles.